The number of benzene rings is 1. The molecule has 1 fully saturated rings. The zero-order chi connectivity index (χ0) is 16.9. The number of hydrogen-bond donors (Lipinski definition) is 1. The lowest BCUT2D eigenvalue weighted by Crippen LogP contribution is -2.43. The van der Waals surface area contributed by atoms with Crippen LogP contribution in [0, 0.1) is 5.82 Å². The van der Waals surface area contributed by atoms with Crippen molar-refractivity contribution in [1.29, 1.82) is 0 Å². The Bertz CT molecular complexity index is 630. The van der Waals surface area contributed by atoms with Gasteiger partial charge in [0.05, 0.1) is 0 Å². The second-order valence-corrected chi connectivity index (χ2v) is 6.68. The summed E-state index contributed by atoms with van der Waals surface area (Å²) >= 11 is 6.08. The first-order valence-electron chi connectivity index (χ1n) is 8.46. The summed E-state index contributed by atoms with van der Waals surface area (Å²) in [5.41, 5.74) is 0.948. The highest BCUT2D eigenvalue weighted by Crippen LogP contribution is 2.19. The predicted molar refractivity (Wildman–Crippen MR) is 113 cm³/mol. The lowest BCUT2D eigenvalue weighted by molar-refractivity contribution is 0.259. The number of halogens is 3. The van der Waals surface area contributed by atoms with E-state index in [1.807, 2.05) is 7.05 Å². The molecule has 3 rings (SSSR count). The Balaban J connectivity index is 0.00000225. The van der Waals surface area contributed by atoms with Gasteiger partial charge in [-0.3, -0.25) is 9.89 Å². The van der Waals surface area contributed by atoms with Crippen LogP contribution < -0.4 is 5.32 Å². The average molecular weight is 479 g/mol. The average Bonchev–Trinajstić information content (AvgIpc) is 3.24. The van der Waals surface area contributed by atoms with Crippen LogP contribution in [0.1, 0.15) is 12.0 Å². The van der Waals surface area contributed by atoms with Crippen molar-refractivity contribution in [2.24, 2.45) is 4.99 Å². The van der Waals surface area contributed by atoms with Gasteiger partial charge >= 0.3 is 0 Å². The van der Waals surface area contributed by atoms with Crippen LogP contribution in [0.25, 0.3) is 0 Å². The molecule has 1 N–H and O–H groups in total. The Kier molecular flexibility index (Phi) is 7.96. The minimum absolute atomic E-state index is 0. The molecule has 0 radical (unpaired) electrons. The normalized spacial score (nSPS) is 20.8. The Morgan fingerprint density at radius 2 is 2.12 bits per heavy atom. The smallest absolute Gasteiger partial charge is 0.193 e. The standard InChI is InChI=1S/C18H24ClFN4.HI/c1-21-18(22-8-6-14-4-5-15(20)12-17(14)19)24-11-7-16(13-24)23-9-2-3-10-23;/h2-5,12,16H,6-11,13H2,1H3,(H,21,22);1H. The van der Waals surface area contributed by atoms with Crippen molar-refractivity contribution in [3.05, 3.63) is 46.8 Å². The summed E-state index contributed by atoms with van der Waals surface area (Å²) in [5, 5.41) is 3.88. The van der Waals surface area contributed by atoms with E-state index in [0.717, 1.165) is 50.7 Å². The Hall–Kier alpha value is -0.860. The quantitative estimate of drug-likeness (QED) is 0.312. The van der Waals surface area contributed by atoms with Gasteiger partial charge in [0, 0.05) is 50.8 Å². The predicted octanol–water partition coefficient (Wildman–Crippen LogP) is 3.16. The van der Waals surface area contributed by atoms with Crippen molar-refractivity contribution < 1.29 is 4.39 Å². The van der Waals surface area contributed by atoms with E-state index >= 15 is 0 Å². The molecule has 1 saturated heterocycles. The van der Waals surface area contributed by atoms with Crippen LogP contribution in [-0.2, 0) is 6.42 Å². The third kappa shape index (κ3) is 5.31. The molecule has 138 valence electrons. The van der Waals surface area contributed by atoms with Gasteiger partial charge in [-0.25, -0.2) is 4.39 Å². The largest absolute Gasteiger partial charge is 0.356 e. The minimum Gasteiger partial charge on any atom is -0.356 e. The molecule has 25 heavy (non-hydrogen) atoms. The first-order valence-corrected chi connectivity index (χ1v) is 8.83. The van der Waals surface area contributed by atoms with Gasteiger partial charge in [-0.1, -0.05) is 29.8 Å². The van der Waals surface area contributed by atoms with Crippen LogP contribution in [0.5, 0.6) is 0 Å². The molecule has 1 unspecified atom stereocenters. The number of aliphatic imine (C=N–C) groups is 1. The van der Waals surface area contributed by atoms with Crippen molar-refractivity contribution in [1.82, 2.24) is 15.1 Å². The maximum atomic E-state index is 13.1. The van der Waals surface area contributed by atoms with Crippen LogP contribution in [0.4, 0.5) is 4.39 Å². The van der Waals surface area contributed by atoms with Gasteiger partial charge in [0.2, 0.25) is 0 Å². The monoisotopic (exact) mass is 478 g/mol. The number of likely N-dealkylation sites (tertiary alicyclic amines) is 1. The molecule has 0 spiro atoms. The van der Waals surface area contributed by atoms with E-state index in [0.29, 0.717) is 11.1 Å². The van der Waals surface area contributed by atoms with Crippen molar-refractivity contribution >= 4 is 41.5 Å². The zero-order valence-corrected chi connectivity index (χ0v) is 17.5. The van der Waals surface area contributed by atoms with Crippen LogP contribution in [-0.4, -0.2) is 61.6 Å². The van der Waals surface area contributed by atoms with Gasteiger partial charge < -0.3 is 10.2 Å². The van der Waals surface area contributed by atoms with E-state index in [4.69, 9.17) is 11.6 Å². The maximum Gasteiger partial charge on any atom is 0.193 e. The van der Waals surface area contributed by atoms with E-state index in [2.05, 4.69) is 32.3 Å². The topological polar surface area (TPSA) is 30.9 Å². The summed E-state index contributed by atoms with van der Waals surface area (Å²) < 4.78 is 13.1. The van der Waals surface area contributed by atoms with E-state index in [9.17, 15) is 4.39 Å². The molecule has 0 amide bonds. The lowest BCUT2D eigenvalue weighted by atomic mass is 10.1. The van der Waals surface area contributed by atoms with Crippen molar-refractivity contribution in [3.8, 4) is 0 Å². The third-order valence-electron chi connectivity index (χ3n) is 4.73. The summed E-state index contributed by atoms with van der Waals surface area (Å²) in [4.78, 5) is 9.22. The molecule has 7 heteroatoms. The summed E-state index contributed by atoms with van der Waals surface area (Å²) in [6.45, 7) is 4.89. The van der Waals surface area contributed by atoms with Gasteiger partial charge in [0.1, 0.15) is 5.82 Å². The fraction of sp³-hybridized carbons (Fsp3) is 0.500. The van der Waals surface area contributed by atoms with E-state index < -0.39 is 0 Å². The number of nitrogens with zero attached hydrogens (tertiary/aromatic N) is 3. The summed E-state index contributed by atoms with van der Waals surface area (Å²) in [6.07, 6.45) is 6.39. The van der Waals surface area contributed by atoms with Crippen molar-refractivity contribution in [2.45, 2.75) is 18.9 Å². The highest BCUT2D eigenvalue weighted by Gasteiger charge is 2.29. The van der Waals surface area contributed by atoms with Gasteiger partial charge in [-0.15, -0.1) is 24.0 Å². The SMILES string of the molecule is CN=C(NCCc1ccc(F)cc1Cl)N1CCC(N2CC=CC2)C1.I. The Morgan fingerprint density at radius 1 is 1.36 bits per heavy atom. The lowest BCUT2D eigenvalue weighted by Gasteiger charge is -2.25. The molecule has 4 nitrogen and oxygen atoms in total. The van der Waals surface area contributed by atoms with Crippen LogP contribution in [0.15, 0.2) is 35.3 Å². The van der Waals surface area contributed by atoms with Gasteiger partial charge in [0.15, 0.2) is 5.96 Å². The van der Waals surface area contributed by atoms with Crippen LogP contribution >= 0.6 is 35.6 Å². The van der Waals surface area contributed by atoms with Crippen LogP contribution in [0.2, 0.25) is 5.02 Å². The van der Waals surface area contributed by atoms with Gasteiger partial charge in [-0.05, 0) is 30.5 Å². The molecule has 1 atom stereocenters. The van der Waals surface area contributed by atoms with Crippen molar-refractivity contribution in [3.63, 3.8) is 0 Å². The van der Waals surface area contributed by atoms with Gasteiger partial charge in [0.25, 0.3) is 0 Å². The first kappa shape index (κ1) is 20.5. The van der Waals surface area contributed by atoms with Crippen LogP contribution in [0.3, 0.4) is 0 Å². The molecule has 1 aromatic rings. The highest BCUT2D eigenvalue weighted by atomic mass is 127. The Morgan fingerprint density at radius 3 is 2.80 bits per heavy atom. The van der Waals surface area contributed by atoms with E-state index in [1.165, 1.54) is 18.6 Å². The number of nitrogens with one attached hydrogen (secondary N) is 1. The molecular formula is C18H25ClFIN4. The second kappa shape index (κ2) is 9.73. The fourth-order valence-electron chi connectivity index (χ4n) is 3.39. The van der Waals surface area contributed by atoms with Crippen molar-refractivity contribution in [2.75, 3.05) is 39.8 Å². The zero-order valence-electron chi connectivity index (χ0n) is 14.4. The molecule has 0 saturated carbocycles. The molecule has 2 aliphatic rings. The summed E-state index contributed by atoms with van der Waals surface area (Å²) in [6, 6.07) is 5.16. The molecule has 0 aromatic heterocycles. The summed E-state index contributed by atoms with van der Waals surface area (Å²) in [7, 11) is 1.82. The van der Waals surface area contributed by atoms with E-state index in [1.54, 1.807) is 6.07 Å². The molecule has 2 heterocycles. The Labute approximate surface area is 171 Å². The highest BCUT2D eigenvalue weighted by molar-refractivity contribution is 14.0. The first-order chi connectivity index (χ1) is 11.7. The maximum absolute atomic E-state index is 13.1. The number of rotatable bonds is 4. The number of hydrogen-bond acceptors (Lipinski definition) is 2. The third-order valence-corrected chi connectivity index (χ3v) is 5.08. The molecule has 0 aliphatic carbocycles. The molecule has 0 bridgehead atoms. The summed E-state index contributed by atoms with van der Waals surface area (Å²) in [5.74, 6) is 0.634. The number of guanidine groups is 1. The molecule has 2 aliphatic heterocycles. The second-order valence-electron chi connectivity index (χ2n) is 6.27. The fourth-order valence-corrected chi connectivity index (χ4v) is 3.65. The van der Waals surface area contributed by atoms with Gasteiger partial charge in [-0.2, -0.15) is 0 Å². The molecular weight excluding hydrogens is 454 g/mol. The minimum atomic E-state index is -0.299. The molecule has 1 aromatic carbocycles. The van der Waals surface area contributed by atoms with E-state index in [-0.39, 0.29) is 29.8 Å².